The van der Waals surface area contributed by atoms with E-state index in [2.05, 4.69) is 58.6 Å². The highest BCUT2D eigenvalue weighted by Crippen LogP contribution is 2.20. The molecule has 2 rings (SSSR count). The SMILES string of the molecule is CN=C(NCCCN1CCC(C)CC1)NCC(c1ccc(OC)cc1)N(C)C.I. The highest BCUT2D eigenvalue weighted by atomic mass is 127. The number of likely N-dealkylation sites (tertiary alicyclic amines) is 1. The number of hydrogen-bond acceptors (Lipinski definition) is 4. The van der Waals surface area contributed by atoms with Crippen molar-refractivity contribution in [2.24, 2.45) is 10.9 Å². The van der Waals surface area contributed by atoms with Crippen LogP contribution in [0.25, 0.3) is 0 Å². The number of nitrogens with one attached hydrogen (secondary N) is 2. The first kappa shape index (κ1) is 26.0. The van der Waals surface area contributed by atoms with Crippen LogP contribution in [-0.4, -0.2) is 76.7 Å². The van der Waals surface area contributed by atoms with Crippen molar-refractivity contribution in [3.8, 4) is 5.75 Å². The van der Waals surface area contributed by atoms with E-state index >= 15 is 0 Å². The zero-order valence-electron chi connectivity index (χ0n) is 18.8. The minimum atomic E-state index is 0. The van der Waals surface area contributed by atoms with Gasteiger partial charge in [-0.2, -0.15) is 0 Å². The Morgan fingerprint density at radius 3 is 2.41 bits per heavy atom. The van der Waals surface area contributed by atoms with Crippen molar-refractivity contribution in [2.45, 2.75) is 32.2 Å². The molecule has 1 aliphatic rings. The number of likely N-dealkylation sites (N-methyl/N-ethyl adjacent to an activating group) is 1. The summed E-state index contributed by atoms with van der Waals surface area (Å²) in [7, 11) is 7.74. The molecule has 29 heavy (non-hydrogen) atoms. The Labute approximate surface area is 194 Å². The van der Waals surface area contributed by atoms with Gasteiger partial charge in [-0.1, -0.05) is 19.1 Å². The summed E-state index contributed by atoms with van der Waals surface area (Å²) in [6, 6.07) is 8.54. The van der Waals surface area contributed by atoms with Crippen LogP contribution in [-0.2, 0) is 0 Å². The minimum absolute atomic E-state index is 0. The fourth-order valence-electron chi connectivity index (χ4n) is 3.63. The Hall–Kier alpha value is -1.06. The van der Waals surface area contributed by atoms with Crippen molar-refractivity contribution in [3.63, 3.8) is 0 Å². The first-order valence-corrected chi connectivity index (χ1v) is 10.5. The lowest BCUT2D eigenvalue weighted by molar-refractivity contribution is 0.191. The Bertz CT molecular complexity index is 585. The topological polar surface area (TPSA) is 52.1 Å². The van der Waals surface area contributed by atoms with Crippen molar-refractivity contribution < 1.29 is 4.74 Å². The molecule has 1 saturated heterocycles. The molecule has 0 amide bonds. The van der Waals surface area contributed by atoms with Gasteiger partial charge in [-0.15, -0.1) is 24.0 Å². The number of nitrogens with zero attached hydrogens (tertiary/aromatic N) is 3. The summed E-state index contributed by atoms with van der Waals surface area (Å²) in [4.78, 5) is 9.19. The highest BCUT2D eigenvalue weighted by Gasteiger charge is 2.16. The number of rotatable bonds is 9. The molecule has 1 aromatic rings. The van der Waals surface area contributed by atoms with Crippen LogP contribution in [0.15, 0.2) is 29.3 Å². The number of benzene rings is 1. The Balaban J connectivity index is 0.00000420. The fourth-order valence-corrected chi connectivity index (χ4v) is 3.63. The first-order chi connectivity index (χ1) is 13.5. The van der Waals surface area contributed by atoms with Gasteiger partial charge in [-0.3, -0.25) is 4.99 Å². The largest absolute Gasteiger partial charge is 0.497 e. The Morgan fingerprint density at radius 1 is 1.21 bits per heavy atom. The van der Waals surface area contributed by atoms with Gasteiger partial charge in [0, 0.05) is 20.1 Å². The minimum Gasteiger partial charge on any atom is -0.497 e. The Kier molecular flexibility index (Phi) is 12.6. The molecule has 166 valence electrons. The summed E-state index contributed by atoms with van der Waals surface area (Å²) in [5, 5.41) is 6.93. The van der Waals surface area contributed by atoms with E-state index in [9.17, 15) is 0 Å². The molecule has 2 N–H and O–H groups in total. The van der Waals surface area contributed by atoms with Gasteiger partial charge >= 0.3 is 0 Å². The number of hydrogen-bond donors (Lipinski definition) is 2. The van der Waals surface area contributed by atoms with Crippen LogP contribution in [0.5, 0.6) is 5.75 Å². The third kappa shape index (κ3) is 9.09. The van der Waals surface area contributed by atoms with E-state index in [0.717, 1.165) is 37.1 Å². The molecule has 1 fully saturated rings. The summed E-state index contributed by atoms with van der Waals surface area (Å²) in [6.45, 7) is 7.77. The van der Waals surface area contributed by atoms with Crippen molar-refractivity contribution >= 4 is 29.9 Å². The van der Waals surface area contributed by atoms with Crippen molar-refractivity contribution in [1.82, 2.24) is 20.4 Å². The second-order valence-electron chi connectivity index (χ2n) is 8.01. The van der Waals surface area contributed by atoms with Crippen LogP contribution >= 0.6 is 24.0 Å². The lowest BCUT2D eigenvalue weighted by Crippen LogP contribution is -2.42. The molecule has 7 heteroatoms. The van der Waals surface area contributed by atoms with Crippen LogP contribution in [0.3, 0.4) is 0 Å². The first-order valence-electron chi connectivity index (χ1n) is 10.5. The van der Waals surface area contributed by atoms with Gasteiger partial charge in [0.15, 0.2) is 5.96 Å². The molecule has 0 bridgehead atoms. The number of methoxy groups -OCH3 is 1. The second kappa shape index (κ2) is 14.0. The van der Waals surface area contributed by atoms with E-state index in [1.54, 1.807) is 7.11 Å². The third-order valence-corrected chi connectivity index (χ3v) is 5.63. The molecule has 0 saturated carbocycles. The van der Waals surface area contributed by atoms with Crippen LogP contribution in [0, 0.1) is 5.92 Å². The molecule has 0 aliphatic carbocycles. The molecule has 0 radical (unpaired) electrons. The van der Waals surface area contributed by atoms with Crippen LogP contribution in [0.1, 0.15) is 37.8 Å². The number of guanidine groups is 1. The van der Waals surface area contributed by atoms with Crippen molar-refractivity contribution in [1.29, 1.82) is 0 Å². The van der Waals surface area contributed by atoms with Crippen molar-refractivity contribution in [3.05, 3.63) is 29.8 Å². The Morgan fingerprint density at radius 2 is 1.86 bits per heavy atom. The van der Waals surface area contributed by atoms with Gasteiger partial charge in [-0.05, 0) is 76.6 Å². The molecule has 1 unspecified atom stereocenters. The summed E-state index contributed by atoms with van der Waals surface area (Å²) < 4.78 is 5.27. The summed E-state index contributed by atoms with van der Waals surface area (Å²) >= 11 is 0. The van der Waals surface area contributed by atoms with Crippen LogP contribution in [0.2, 0.25) is 0 Å². The van der Waals surface area contributed by atoms with E-state index in [-0.39, 0.29) is 30.0 Å². The molecule has 1 atom stereocenters. The predicted molar refractivity (Wildman–Crippen MR) is 134 cm³/mol. The maximum absolute atomic E-state index is 5.27. The van der Waals surface area contributed by atoms with Crippen LogP contribution < -0.4 is 15.4 Å². The molecule has 0 spiro atoms. The quantitative estimate of drug-likeness (QED) is 0.228. The van der Waals surface area contributed by atoms with E-state index < -0.39 is 0 Å². The number of aliphatic imine (C=N–C) groups is 1. The maximum atomic E-state index is 5.27. The molecule has 6 nitrogen and oxygen atoms in total. The average Bonchev–Trinajstić information content (AvgIpc) is 2.71. The van der Waals surface area contributed by atoms with Gasteiger partial charge in [0.2, 0.25) is 0 Å². The fraction of sp³-hybridized carbons (Fsp3) is 0.682. The van der Waals surface area contributed by atoms with Crippen molar-refractivity contribution in [2.75, 3.05) is 61.0 Å². The number of halogens is 1. The summed E-state index contributed by atoms with van der Waals surface area (Å²) in [5.74, 6) is 2.65. The summed E-state index contributed by atoms with van der Waals surface area (Å²) in [6.07, 6.45) is 3.83. The zero-order chi connectivity index (χ0) is 20.4. The van der Waals surface area contributed by atoms with E-state index in [0.29, 0.717) is 0 Å². The molecular weight excluding hydrogens is 477 g/mol. The monoisotopic (exact) mass is 517 g/mol. The van der Waals surface area contributed by atoms with Gasteiger partial charge in [0.05, 0.1) is 13.2 Å². The molecular formula is C22H40IN5O. The van der Waals surface area contributed by atoms with Gasteiger partial charge in [0.25, 0.3) is 0 Å². The normalized spacial score (nSPS) is 17.0. The molecule has 1 aliphatic heterocycles. The number of ether oxygens (including phenoxy) is 1. The highest BCUT2D eigenvalue weighted by molar-refractivity contribution is 14.0. The van der Waals surface area contributed by atoms with E-state index in [4.69, 9.17) is 4.74 Å². The lowest BCUT2D eigenvalue weighted by Gasteiger charge is -2.30. The second-order valence-corrected chi connectivity index (χ2v) is 8.01. The zero-order valence-corrected chi connectivity index (χ0v) is 21.1. The van der Waals surface area contributed by atoms with E-state index in [1.165, 1.54) is 38.0 Å². The van der Waals surface area contributed by atoms with Gasteiger partial charge < -0.3 is 25.2 Å². The standard InChI is InChI=1S/C22H39N5O.HI/c1-18-11-15-27(16-12-18)14-6-13-24-22(23-2)25-17-21(26(3)4)19-7-9-20(28-5)10-8-19;/h7-10,18,21H,6,11-17H2,1-5H3,(H2,23,24,25);1H. The summed E-state index contributed by atoms with van der Waals surface area (Å²) in [5.41, 5.74) is 1.26. The third-order valence-electron chi connectivity index (χ3n) is 5.63. The van der Waals surface area contributed by atoms with Gasteiger partial charge in [-0.25, -0.2) is 0 Å². The maximum Gasteiger partial charge on any atom is 0.191 e. The molecule has 1 aromatic carbocycles. The predicted octanol–water partition coefficient (Wildman–Crippen LogP) is 3.20. The number of piperidine rings is 1. The van der Waals surface area contributed by atoms with Gasteiger partial charge in [0.1, 0.15) is 5.75 Å². The molecule has 1 heterocycles. The smallest absolute Gasteiger partial charge is 0.191 e. The lowest BCUT2D eigenvalue weighted by atomic mass is 9.99. The van der Waals surface area contributed by atoms with Crippen LogP contribution in [0.4, 0.5) is 0 Å². The average molecular weight is 518 g/mol. The van der Waals surface area contributed by atoms with E-state index in [1.807, 2.05) is 19.2 Å². The molecule has 0 aromatic heterocycles.